The number of carbonyl (C=O) groups is 2. The molecule has 0 spiro atoms. The summed E-state index contributed by atoms with van der Waals surface area (Å²) in [6.45, 7) is 1.41. The first-order chi connectivity index (χ1) is 6.91. The number of rotatable bonds is 3. The fourth-order valence-electron chi connectivity index (χ4n) is 1.08. The quantitative estimate of drug-likeness (QED) is 0.864. The lowest BCUT2D eigenvalue weighted by atomic mass is 10.3. The van der Waals surface area contributed by atoms with E-state index in [9.17, 15) is 9.59 Å². The highest BCUT2D eigenvalue weighted by molar-refractivity contribution is 9.10. The average molecular weight is 275 g/mol. The van der Waals surface area contributed by atoms with Gasteiger partial charge in [0, 0.05) is 17.7 Å². The summed E-state index contributed by atoms with van der Waals surface area (Å²) in [4.78, 5) is 22.1. The zero-order valence-corrected chi connectivity index (χ0v) is 9.91. The van der Waals surface area contributed by atoms with E-state index in [2.05, 4.69) is 21.2 Å². The van der Waals surface area contributed by atoms with Crippen LogP contribution >= 0.6 is 15.9 Å². The van der Waals surface area contributed by atoms with E-state index in [0.717, 1.165) is 4.47 Å². The summed E-state index contributed by atoms with van der Waals surface area (Å²) in [7, 11) is 1.71. The van der Waals surface area contributed by atoms with E-state index >= 15 is 0 Å². The van der Waals surface area contributed by atoms with Crippen molar-refractivity contribution in [3.63, 3.8) is 0 Å². The Balaban J connectivity index is 2.77. The molecule has 0 aliphatic carbocycles. The molecule has 2 N–H and O–H groups in total. The second-order valence-electron chi connectivity index (χ2n) is 3.19. The van der Waals surface area contributed by atoms with Crippen LogP contribution in [0.25, 0.3) is 0 Å². The number of aryl methyl sites for hydroxylation is 1. The van der Waals surface area contributed by atoms with Gasteiger partial charge in [-0.2, -0.15) is 0 Å². The van der Waals surface area contributed by atoms with Crippen molar-refractivity contribution in [1.82, 2.24) is 9.88 Å². The van der Waals surface area contributed by atoms with Gasteiger partial charge in [-0.1, -0.05) is 0 Å². The third-order valence-electron chi connectivity index (χ3n) is 1.92. The molecule has 0 unspecified atom stereocenters. The van der Waals surface area contributed by atoms with Crippen molar-refractivity contribution in [2.75, 3.05) is 0 Å². The van der Waals surface area contributed by atoms with Gasteiger partial charge >= 0.3 is 5.97 Å². The van der Waals surface area contributed by atoms with E-state index in [1.807, 2.05) is 0 Å². The van der Waals surface area contributed by atoms with Crippen molar-refractivity contribution in [2.24, 2.45) is 7.05 Å². The van der Waals surface area contributed by atoms with Gasteiger partial charge in [0.1, 0.15) is 11.7 Å². The van der Waals surface area contributed by atoms with Crippen molar-refractivity contribution in [2.45, 2.75) is 13.0 Å². The Bertz CT molecular complexity index is 400. The van der Waals surface area contributed by atoms with Gasteiger partial charge in [0.25, 0.3) is 5.91 Å². The molecule has 0 saturated heterocycles. The van der Waals surface area contributed by atoms with Crippen molar-refractivity contribution in [3.05, 3.63) is 22.4 Å². The topological polar surface area (TPSA) is 71.3 Å². The second-order valence-corrected chi connectivity index (χ2v) is 4.10. The molecule has 0 bridgehead atoms. The normalized spacial score (nSPS) is 12.2. The van der Waals surface area contributed by atoms with E-state index in [1.54, 1.807) is 23.9 Å². The Morgan fingerprint density at radius 2 is 2.20 bits per heavy atom. The lowest BCUT2D eigenvalue weighted by molar-refractivity contribution is -0.138. The van der Waals surface area contributed by atoms with E-state index in [1.165, 1.54) is 6.92 Å². The lowest BCUT2D eigenvalue weighted by Gasteiger charge is -2.09. The number of nitrogens with zero attached hydrogens (tertiary/aromatic N) is 1. The summed E-state index contributed by atoms with van der Waals surface area (Å²) < 4.78 is 2.40. The number of carboxylic acids is 1. The Labute approximate surface area is 95.2 Å². The monoisotopic (exact) mass is 274 g/mol. The minimum absolute atomic E-state index is 0.405. The summed E-state index contributed by atoms with van der Waals surface area (Å²) in [6, 6.07) is 0.732. The van der Waals surface area contributed by atoms with Crippen molar-refractivity contribution in [1.29, 1.82) is 0 Å². The first kappa shape index (κ1) is 11.8. The van der Waals surface area contributed by atoms with Gasteiger partial charge in [0.15, 0.2) is 0 Å². The number of aromatic nitrogens is 1. The predicted molar refractivity (Wildman–Crippen MR) is 57.7 cm³/mol. The summed E-state index contributed by atoms with van der Waals surface area (Å²) in [5, 5.41) is 11.0. The van der Waals surface area contributed by atoms with E-state index in [0.29, 0.717) is 5.69 Å². The largest absolute Gasteiger partial charge is 0.480 e. The maximum absolute atomic E-state index is 11.6. The highest BCUT2D eigenvalue weighted by atomic mass is 79.9. The fourth-order valence-corrected chi connectivity index (χ4v) is 1.61. The molecule has 1 amide bonds. The average Bonchev–Trinajstić information content (AvgIpc) is 2.44. The van der Waals surface area contributed by atoms with Crippen LogP contribution in [0.15, 0.2) is 16.7 Å². The molecule has 0 aliphatic heterocycles. The smallest absolute Gasteiger partial charge is 0.325 e. The number of nitrogens with one attached hydrogen (secondary N) is 1. The SMILES string of the molecule is C[C@H](NC(=O)c1cc(Br)cn1C)C(=O)O. The molecule has 15 heavy (non-hydrogen) atoms. The zero-order valence-electron chi connectivity index (χ0n) is 8.32. The van der Waals surface area contributed by atoms with E-state index in [-0.39, 0.29) is 0 Å². The Hall–Kier alpha value is -1.30. The molecule has 0 aromatic carbocycles. The molecular formula is C9H11BrN2O3. The molecule has 1 aromatic rings. The first-order valence-corrected chi connectivity index (χ1v) is 5.06. The Morgan fingerprint density at radius 3 is 2.60 bits per heavy atom. The molecule has 1 heterocycles. The number of hydrogen-bond acceptors (Lipinski definition) is 2. The summed E-state index contributed by atoms with van der Waals surface area (Å²) in [5.41, 5.74) is 0.412. The van der Waals surface area contributed by atoms with Gasteiger partial charge in [-0.25, -0.2) is 0 Å². The minimum atomic E-state index is -1.06. The molecular weight excluding hydrogens is 264 g/mol. The van der Waals surface area contributed by atoms with Crippen LogP contribution in [0, 0.1) is 0 Å². The number of hydrogen-bond donors (Lipinski definition) is 2. The Morgan fingerprint density at radius 1 is 1.60 bits per heavy atom. The number of carboxylic acid groups (broad SMARTS) is 1. The first-order valence-electron chi connectivity index (χ1n) is 4.27. The third-order valence-corrected chi connectivity index (χ3v) is 2.36. The Kier molecular flexibility index (Phi) is 3.52. The van der Waals surface area contributed by atoms with Crippen LogP contribution in [0.1, 0.15) is 17.4 Å². The van der Waals surface area contributed by atoms with Crippen LogP contribution in [0.2, 0.25) is 0 Å². The lowest BCUT2D eigenvalue weighted by Crippen LogP contribution is -2.38. The molecule has 6 heteroatoms. The third kappa shape index (κ3) is 2.82. The summed E-state index contributed by atoms with van der Waals surface area (Å²) in [6.07, 6.45) is 1.72. The molecule has 0 saturated carbocycles. The molecule has 0 fully saturated rings. The highest BCUT2D eigenvalue weighted by Crippen LogP contribution is 2.13. The molecule has 82 valence electrons. The van der Waals surface area contributed by atoms with Gasteiger partial charge in [-0.3, -0.25) is 9.59 Å². The summed E-state index contributed by atoms with van der Waals surface area (Å²) >= 11 is 3.23. The molecule has 0 aliphatic rings. The zero-order chi connectivity index (χ0) is 11.6. The van der Waals surface area contributed by atoms with Crippen molar-refractivity contribution in [3.8, 4) is 0 Å². The van der Waals surface area contributed by atoms with Gasteiger partial charge in [-0.15, -0.1) is 0 Å². The van der Waals surface area contributed by atoms with Crippen molar-refractivity contribution >= 4 is 27.8 Å². The number of aliphatic carboxylic acids is 1. The highest BCUT2D eigenvalue weighted by Gasteiger charge is 2.17. The van der Waals surface area contributed by atoms with Crippen LogP contribution in [0.5, 0.6) is 0 Å². The molecule has 1 atom stereocenters. The molecule has 1 aromatic heterocycles. The maximum atomic E-state index is 11.6. The van der Waals surface area contributed by atoms with Gasteiger partial charge in [-0.05, 0) is 28.9 Å². The van der Waals surface area contributed by atoms with Crippen LogP contribution in [0.4, 0.5) is 0 Å². The summed E-state index contributed by atoms with van der Waals surface area (Å²) in [5.74, 6) is -1.46. The van der Waals surface area contributed by atoms with Gasteiger partial charge in [0.05, 0.1) is 0 Å². The van der Waals surface area contributed by atoms with E-state index < -0.39 is 17.9 Å². The molecule has 0 radical (unpaired) electrons. The maximum Gasteiger partial charge on any atom is 0.325 e. The second kappa shape index (κ2) is 4.48. The molecule has 5 nitrogen and oxygen atoms in total. The van der Waals surface area contributed by atoms with Gasteiger partial charge < -0.3 is 15.0 Å². The van der Waals surface area contributed by atoms with Crippen LogP contribution in [-0.4, -0.2) is 27.6 Å². The standard InChI is InChI=1S/C9H11BrN2O3/c1-5(9(14)15)11-8(13)7-3-6(10)4-12(7)2/h3-5H,1-2H3,(H,11,13)(H,14,15)/t5-/m0/s1. The predicted octanol–water partition coefficient (Wildman–Crippen LogP) is 0.991. The van der Waals surface area contributed by atoms with Crippen LogP contribution in [0.3, 0.4) is 0 Å². The minimum Gasteiger partial charge on any atom is -0.480 e. The van der Waals surface area contributed by atoms with Crippen LogP contribution in [-0.2, 0) is 11.8 Å². The number of amides is 1. The number of halogens is 1. The fraction of sp³-hybridized carbons (Fsp3) is 0.333. The van der Waals surface area contributed by atoms with Crippen molar-refractivity contribution < 1.29 is 14.7 Å². The van der Waals surface area contributed by atoms with E-state index in [4.69, 9.17) is 5.11 Å². The van der Waals surface area contributed by atoms with Crippen LogP contribution < -0.4 is 5.32 Å². The number of carbonyl (C=O) groups excluding carboxylic acids is 1. The van der Waals surface area contributed by atoms with Gasteiger partial charge in [0.2, 0.25) is 0 Å². The molecule has 1 rings (SSSR count).